The third kappa shape index (κ3) is 10.1. The van der Waals surface area contributed by atoms with E-state index >= 15 is 0 Å². The first-order chi connectivity index (χ1) is 29.9. The number of rotatable bonds is 15. The summed E-state index contributed by atoms with van der Waals surface area (Å²) >= 11 is 0. The van der Waals surface area contributed by atoms with Crippen molar-refractivity contribution in [1.29, 1.82) is 0 Å². The van der Waals surface area contributed by atoms with Gasteiger partial charge in [-0.15, -0.1) is 0 Å². The highest BCUT2D eigenvalue weighted by atomic mass is 33.1. The van der Waals surface area contributed by atoms with Gasteiger partial charge in [-0.3, -0.25) is 0 Å². The van der Waals surface area contributed by atoms with Crippen LogP contribution in [0.2, 0.25) is 0 Å². The molecule has 0 aliphatic heterocycles. The summed E-state index contributed by atoms with van der Waals surface area (Å²) < 4.78 is 0. The molecule has 0 atom stereocenters. The van der Waals surface area contributed by atoms with Crippen molar-refractivity contribution in [2.75, 3.05) is 12.3 Å². The first kappa shape index (κ1) is 43.4. The maximum absolute atomic E-state index is 11.1. The summed E-state index contributed by atoms with van der Waals surface area (Å²) in [7, 11) is -1.33. The van der Waals surface area contributed by atoms with Gasteiger partial charge < -0.3 is 10.2 Å². The molecule has 0 aromatic heterocycles. The van der Waals surface area contributed by atoms with Crippen molar-refractivity contribution < 1.29 is 19.8 Å². The molecule has 0 aliphatic rings. The SMILES string of the molecule is O=C(O)c1ccccc1SSc1ccccc1C(=O)O.c1ccc([P+](CCC[P+](c2ccccc2)(c2ccccc2)c2ccccc2)(c2ccccc2)c2ccccc2)cc1. The smallest absolute Gasteiger partial charge is 0.336 e. The van der Waals surface area contributed by atoms with E-state index in [0.29, 0.717) is 9.79 Å². The Hall–Kier alpha value is -5.74. The molecule has 8 heteroatoms. The first-order valence-electron chi connectivity index (χ1n) is 20.0. The Morgan fingerprint density at radius 2 is 0.541 bits per heavy atom. The average Bonchev–Trinajstić information content (AvgIpc) is 3.33. The molecule has 0 amide bonds. The van der Waals surface area contributed by atoms with E-state index in [0.717, 1.165) is 18.7 Å². The van der Waals surface area contributed by atoms with Gasteiger partial charge in [0.05, 0.1) is 23.5 Å². The Kier molecular flexibility index (Phi) is 15.0. The van der Waals surface area contributed by atoms with Gasteiger partial charge in [0.15, 0.2) is 0 Å². The van der Waals surface area contributed by atoms with Gasteiger partial charge in [0, 0.05) is 16.2 Å². The number of hydrogen-bond donors (Lipinski definition) is 2. The molecule has 0 saturated heterocycles. The summed E-state index contributed by atoms with van der Waals surface area (Å²) in [5.41, 5.74) is 0.413. The summed E-state index contributed by atoms with van der Waals surface area (Å²) in [6, 6.07) is 81.0. The lowest BCUT2D eigenvalue weighted by atomic mass is 10.2. The molecule has 0 bridgehead atoms. The van der Waals surface area contributed by atoms with Crippen molar-refractivity contribution in [1.82, 2.24) is 0 Å². The maximum atomic E-state index is 11.1. The molecule has 8 rings (SSSR count). The van der Waals surface area contributed by atoms with Crippen LogP contribution < -0.4 is 31.8 Å². The Morgan fingerprint density at radius 1 is 0.328 bits per heavy atom. The van der Waals surface area contributed by atoms with E-state index in [9.17, 15) is 9.59 Å². The molecule has 0 aliphatic carbocycles. The lowest BCUT2D eigenvalue weighted by Gasteiger charge is -2.30. The molecular formula is C53H46O4P2S2+2. The van der Waals surface area contributed by atoms with E-state index in [1.165, 1.54) is 65.5 Å². The van der Waals surface area contributed by atoms with Crippen LogP contribution >= 0.6 is 36.1 Å². The number of carboxylic acids is 2. The molecule has 8 aromatic rings. The number of carboxylic acid groups (broad SMARTS) is 2. The normalized spacial score (nSPS) is 11.2. The summed E-state index contributed by atoms with van der Waals surface area (Å²) in [6.45, 7) is 0. The van der Waals surface area contributed by atoms with Crippen molar-refractivity contribution in [2.24, 2.45) is 0 Å². The largest absolute Gasteiger partial charge is 0.478 e. The summed E-state index contributed by atoms with van der Waals surface area (Å²) in [5, 5.41) is 26.9. The molecule has 0 heterocycles. The van der Waals surface area contributed by atoms with Crippen molar-refractivity contribution in [3.8, 4) is 0 Å². The Bertz CT molecular complexity index is 2240. The van der Waals surface area contributed by atoms with Gasteiger partial charge in [-0.1, -0.05) is 155 Å². The fourth-order valence-electron chi connectivity index (χ4n) is 7.83. The van der Waals surface area contributed by atoms with E-state index in [1.54, 1.807) is 36.4 Å². The van der Waals surface area contributed by atoms with Gasteiger partial charge >= 0.3 is 11.9 Å². The Balaban J connectivity index is 0.000000236. The van der Waals surface area contributed by atoms with Crippen LogP contribution in [0.5, 0.6) is 0 Å². The molecular weight excluding hydrogens is 827 g/mol. The van der Waals surface area contributed by atoms with E-state index in [2.05, 4.69) is 182 Å². The number of benzene rings is 8. The third-order valence-electron chi connectivity index (χ3n) is 10.6. The molecule has 0 radical (unpaired) electrons. The Labute approximate surface area is 367 Å². The van der Waals surface area contributed by atoms with Gasteiger partial charge in [-0.25, -0.2) is 9.59 Å². The second kappa shape index (κ2) is 21.2. The highest BCUT2D eigenvalue weighted by molar-refractivity contribution is 8.76. The van der Waals surface area contributed by atoms with Gasteiger partial charge in [-0.05, 0) is 97.1 Å². The molecule has 2 N–H and O–H groups in total. The van der Waals surface area contributed by atoms with Gasteiger partial charge in [-0.2, -0.15) is 0 Å². The zero-order valence-electron chi connectivity index (χ0n) is 33.5. The predicted molar refractivity (Wildman–Crippen MR) is 263 cm³/mol. The van der Waals surface area contributed by atoms with E-state index < -0.39 is 26.5 Å². The minimum Gasteiger partial charge on any atom is -0.478 e. The summed E-state index contributed by atoms with van der Waals surface area (Å²) in [5.74, 6) is -2.00. The molecule has 0 spiro atoms. The highest BCUT2D eigenvalue weighted by Gasteiger charge is 2.49. The monoisotopic (exact) mass is 872 g/mol. The first-order valence-corrected chi connectivity index (χ1v) is 26.1. The fourth-order valence-corrected chi connectivity index (χ4v) is 19.1. The Morgan fingerprint density at radius 3 is 0.770 bits per heavy atom. The number of hydrogen-bond acceptors (Lipinski definition) is 4. The molecule has 4 nitrogen and oxygen atoms in total. The lowest BCUT2D eigenvalue weighted by molar-refractivity contribution is 0.0682. The molecule has 0 fully saturated rings. The van der Waals surface area contributed by atoms with Gasteiger partial charge in [0.1, 0.15) is 46.4 Å². The maximum Gasteiger partial charge on any atom is 0.336 e. The van der Waals surface area contributed by atoms with Crippen LogP contribution in [-0.4, -0.2) is 34.5 Å². The van der Waals surface area contributed by atoms with E-state index in [4.69, 9.17) is 10.2 Å². The second-order valence-electron chi connectivity index (χ2n) is 14.2. The molecule has 0 saturated carbocycles. The van der Waals surface area contributed by atoms with Crippen molar-refractivity contribution in [3.05, 3.63) is 242 Å². The zero-order chi connectivity index (χ0) is 42.3. The van der Waals surface area contributed by atoms with Gasteiger partial charge in [0.25, 0.3) is 0 Å². The van der Waals surface area contributed by atoms with Crippen molar-refractivity contribution in [2.45, 2.75) is 16.2 Å². The van der Waals surface area contributed by atoms with E-state index in [1.807, 2.05) is 0 Å². The minimum atomic E-state index is -1.90. The van der Waals surface area contributed by atoms with E-state index in [-0.39, 0.29) is 11.1 Å². The predicted octanol–water partition coefficient (Wildman–Crippen LogP) is 11.2. The van der Waals surface area contributed by atoms with Crippen molar-refractivity contribution >= 4 is 79.9 Å². The van der Waals surface area contributed by atoms with Crippen LogP contribution in [0.15, 0.2) is 240 Å². The van der Waals surface area contributed by atoms with Crippen LogP contribution in [0.4, 0.5) is 0 Å². The molecule has 8 aromatic carbocycles. The number of aromatic carboxylic acids is 2. The van der Waals surface area contributed by atoms with Crippen LogP contribution in [0.25, 0.3) is 0 Å². The zero-order valence-corrected chi connectivity index (χ0v) is 36.9. The van der Waals surface area contributed by atoms with Crippen molar-refractivity contribution in [3.63, 3.8) is 0 Å². The third-order valence-corrected chi connectivity index (χ3v) is 22.2. The number of carbonyl (C=O) groups is 2. The topological polar surface area (TPSA) is 74.6 Å². The van der Waals surface area contributed by atoms with Crippen LogP contribution in [0.3, 0.4) is 0 Å². The standard InChI is InChI=1S/C39H36P2.C14H10O4S2/c1-7-20-34(21-8-1)40(35-22-9-2-10-23-35,36-24-11-3-12-25-36)32-19-33-41(37-26-13-4-14-27-37,38-28-15-5-16-29-38)39-30-17-6-18-31-39;15-13(16)9-5-1-3-7-11(9)19-20-12-8-4-2-6-10(12)14(17)18/h1-18,20-31H,19,32-33H2;1-8H,(H,15,16)(H,17,18)/q+2;. The average molecular weight is 873 g/mol. The minimum absolute atomic E-state index is 0.206. The second-order valence-corrected chi connectivity index (χ2v) is 23.6. The van der Waals surface area contributed by atoms with Crippen LogP contribution in [0, 0.1) is 0 Å². The fraction of sp³-hybridized carbons (Fsp3) is 0.0566. The summed E-state index contributed by atoms with van der Waals surface area (Å²) in [6.07, 6.45) is 3.37. The summed E-state index contributed by atoms with van der Waals surface area (Å²) in [4.78, 5) is 23.4. The quantitative estimate of drug-likeness (QED) is 0.0790. The van der Waals surface area contributed by atoms with Crippen LogP contribution in [-0.2, 0) is 0 Å². The molecule has 0 unspecified atom stereocenters. The highest BCUT2D eigenvalue weighted by Crippen LogP contribution is 2.60. The lowest BCUT2D eigenvalue weighted by Crippen LogP contribution is -2.36. The molecule has 61 heavy (non-hydrogen) atoms. The van der Waals surface area contributed by atoms with Crippen LogP contribution in [0.1, 0.15) is 27.1 Å². The molecule has 302 valence electrons. The van der Waals surface area contributed by atoms with Gasteiger partial charge in [0.2, 0.25) is 0 Å².